The normalized spacial score (nSPS) is 10.6. The summed E-state index contributed by atoms with van der Waals surface area (Å²) < 4.78 is 16.3. The Morgan fingerprint density at radius 2 is 2.08 bits per heavy atom. The topological polar surface area (TPSA) is 86.5 Å². The number of amides is 1. The Hall–Kier alpha value is -2.87. The number of thiazole rings is 1. The summed E-state index contributed by atoms with van der Waals surface area (Å²) in [6.07, 6.45) is 0. The Bertz CT molecular complexity index is 913. The molecule has 1 aromatic carbocycles. The number of rotatable bonds is 6. The van der Waals surface area contributed by atoms with E-state index in [1.54, 1.807) is 18.2 Å². The zero-order valence-electron chi connectivity index (χ0n) is 15.0. The number of hydrogen-bond acceptors (Lipinski definition) is 7. The average molecular weight is 373 g/mol. The number of benzene rings is 1. The maximum absolute atomic E-state index is 12.4. The van der Waals surface area contributed by atoms with Crippen molar-refractivity contribution < 1.29 is 18.8 Å². The van der Waals surface area contributed by atoms with E-state index in [4.69, 9.17) is 14.0 Å². The fourth-order valence-electron chi connectivity index (χ4n) is 2.37. The van der Waals surface area contributed by atoms with Crippen molar-refractivity contribution in [3.8, 4) is 11.5 Å². The Kier molecular flexibility index (Phi) is 5.22. The molecule has 0 saturated carbocycles. The van der Waals surface area contributed by atoms with Gasteiger partial charge in [0, 0.05) is 10.9 Å². The van der Waals surface area contributed by atoms with Gasteiger partial charge in [0.15, 0.2) is 16.6 Å². The molecule has 0 saturated heterocycles. The van der Waals surface area contributed by atoms with Crippen molar-refractivity contribution in [2.45, 2.75) is 27.4 Å². The van der Waals surface area contributed by atoms with Gasteiger partial charge in [-0.2, -0.15) is 0 Å². The quantitative estimate of drug-likeness (QED) is 0.705. The monoisotopic (exact) mass is 373 g/mol. The summed E-state index contributed by atoms with van der Waals surface area (Å²) in [6, 6.07) is 5.03. The van der Waals surface area contributed by atoms with E-state index in [1.807, 2.05) is 26.2 Å². The summed E-state index contributed by atoms with van der Waals surface area (Å²) >= 11 is 1.38. The van der Waals surface area contributed by atoms with Crippen LogP contribution in [0.5, 0.6) is 11.5 Å². The molecule has 0 aliphatic rings. The summed E-state index contributed by atoms with van der Waals surface area (Å²) in [5, 5.41) is 9.11. The first-order valence-electron chi connectivity index (χ1n) is 7.94. The van der Waals surface area contributed by atoms with E-state index in [1.165, 1.54) is 18.4 Å². The van der Waals surface area contributed by atoms with Crippen molar-refractivity contribution in [3.63, 3.8) is 0 Å². The predicted molar refractivity (Wildman–Crippen MR) is 98.1 cm³/mol. The van der Waals surface area contributed by atoms with Gasteiger partial charge >= 0.3 is 0 Å². The van der Waals surface area contributed by atoms with Crippen LogP contribution in [0.25, 0.3) is 0 Å². The summed E-state index contributed by atoms with van der Waals surface area (Å²) in [5.41, 5.74) is 3.01. The van der Waals surface area contributed by atoms with Gasteiger partial charge < -0.3 is 14.0 Å². The molecule has 0 fully saturated rings. The van der Waals surface area contributed by atoms with E-state index in [-0.39, 0.29) is 5.91 Å². The minimum Gasteiger partial charge on any atom is -0.493 e. The Morgan fingerprint density at radius 3 is 2.69 bits per heavy atom. The van der Waals surface area contributed by atoms with Gasteiger partial charge in [-0.05, 0) is 39.0 Å². The smallest absolute Gasteiger partial charge is 0.257 e. The molecule has 1 amide bonds. The standard InChI is InChI=1S/C18H19N3O4S/c1-10-9-26-18(19-10)20-17(22)13-5-6-15(16(7-13)23-4)24-8-14-11(2)21-25-12(14)3/h5-7,9H,8H2,1-4H3,(H,19,20,22). The second kappa shape index (κ2) is 7.57. The number of nitrogens with one attached hydrogen (secondary N) is 1. The van der Waals surface area contributed by atoms with Crippen LogP contribution in [0.1, 0.15) is 33.1 Å². The molecule has 0 radical (unpaired) electrons. The maximum atomic E-state index is 12.4. The van der Waals surface area contributed by atoms with Crippen LogP contribution in [0.2, 0.25) is 0 Å². The molecule has 26 heavy (non-hydrogen) atoms. The van der Waals surface area contributed by atoms with Gasteiger partial charge in [-0.25, -0.2) is 4.98 Å². The number of methoxy groups -OCH3 is 1. The van der Waals surface area contributed by atoms with Crippen LogP contribution in [-0.4, -0.2) is 23.2 Å². The van der Waals surface area contributed by atoms with E-state index in [2.05, 4.69) is 15.5 Å². The van der Waals surface area contributed by atoms with Crippen LogP contribution in [0.3, 0.4) is 0 Å². The van der Waals surface area contributed by atoms with Crippen LogP contribution in [-0.2, 0) is 6.61 Å². The molecule has 0 unspecified atom stereocenters. The SMILES string of the molecule is COc1cc(C(=O)Nc2nc(C)cs2)ccc1OCc1c(C)noc1C. The number of nitrogens with zero attached hydrogens (tertiary/aromatic N) is 2. The molecule has 8 heteroatoms. The second-order valence-electron chi connectivity index (χ2n) is 5.71. The molecule has 0 aliphatic carbocycles. The second-order valence-corrected chi connectivity index (χ2v) is 6.56. The first kappa shape index (κ1) is 17.9. The zero-order chi connectivity index (χ0) is 18.7. The molecule has 0 atom stereocenters. The minimum absolute atomic E-state index is 0.255. The van der Waals surface area contributed by atoms with Crippen LogP contribution >= 0.6 is 11.3 Å². The van der Waals surface area contributed by atoms with Gasteiger partial charge in [-0.15, -0.1) is 11.3 Å². The molecule has 0 spiro atoms. The third kappa shape index (κ3) is 3.85. The van der Waals surface area contributed by atoms with E-state index >= 15 is 0 Å². The van der Waals surface area contributed by atoms with Crippen LogP contribution in [0, 0.1) is 20.8 Å². The van der Waals surface area contributed by atoms with Crippen molar-refractivity contribution in [2.24, 2.45) is 0 Å². The highest BCUT2D eigenvalue weighted by Crippen LogP contribution is 2.30. The predicted octanol–water partition coefficient (Wildman–Crippen LogP) is 3.90. The summed E-state index contributed by atoms with van der Waals surface area (Å²) in [7, 11) is 1.53. The van der Waals surface area contributed by atoms with E-state index in [0.29, 0.717) is 28.8 Å². The first-order valence-corrected chi connectivity index (χ1v) is 8.82. The highest BCUT2D eigenvalue weighted by Gasteiger charge is 2.15. The number of aryl methyl sites for hydroxylation is 3. The Labute approximate surface area is 154 Å². The molecule has 0 aliphatic heterocycles. The highest BCUT2D eigenvalue weighted by molar-refractivity contribution is 7.13. The summed E-state index contributed by atoms with van der Waals surface area (Å²) in [4.78, 5) is 16.6. The van der Waals surface area contributed by atoms with Crippen molar-refractivity contribution in [3.05, 3.63) is 51.9 Å². The van der Waals surface area contributed by atoms with E-state index in [9.17, 15) is 4.79 Å². The van der Waals surface area contributed by atoms with Gasteiger partial charge in [0.05, 0.1) is 24.1 Å². The molecule has 0 bridgehead atoms. The first-order chi connectivity index (χ1) is 12.5. The molecule has 1 N–H and O–H groups in total. The van der Waals surface area contributed by atoms with Gasteiger partial charge in [0.25, 0.3) is 5.91 Å². The number of aromatic nitrogens is 2. The lowest BCUT2D eigenvalue weighted by Gasteiger charge is -2.12. The fourth-order valence-corrected chi connectivity index (χ4v) is 3.05. The Morgan fingerprint density at radius 1 is 1.27 bits per heavy atom. The molecule has 3 aromatic rings. The molecular weight excluding hydrogens is 354 g/mol. The fraction of sp³-hybridized carbons (Fsp3) is 0.278. The van der Waals surface area contributed by atoms with Gasteiger partial charge in [-0.1, -0.05) is 5.16 Å². The maximum Gasteiger partial charge on any atom is 0.257 e. The van der Waals surface area contributed by atoms with Crippen LogP contribution < -0.4 is 14.8 Å². The number of anilines is 1. The van der Waals surface area contributed by atoms with Crippen molar-refractivity contribution >= 4 is 22.4 Å². The third-order valence-corrected chi connectivity index (χ3v) is 4.69. The molecule has 7 nitrogen and oxygen atoms in total. The third-order valence-electron chi connectivity index (χ3n) is 3.82. The lowest BCUT2D eigenvalue weighted by Crippen LogP contribution is -2.12. The van der Waals surface area contributed by atoms with Gasteiger partial charge in [0.1, 0.15) is 12.4 Å². The number of carbonyl (C=O) groups is 1. The lowest BCUT2D eigenvalue weighted by atomic mass is 10.2. The minimum atomic E-state index is -0.255. The van der Waals surface area contributed by atoms with Crippen LogP contribution in [0.4, 0.5) is 5.13 Å². The number of ether oxygens (including phenoxy) is 2. The highest BCUT2D eigenvalue weighted by atomic mass is 32.1. The number of hydrogen-bond donors (Lipinski definition) is 1. The molecule has 2 aromatic heterocycles. The molecule has 3 rings (SSSR count). The van der Waals surface area contributed by atoms with Crippen LogP contribution in [0.15, 0.2) is 28.1 Å². The van der Waals surface area contributed by atoms with Gasteiger partial charge in [0.2, 0.25) is 0 Å². The molecule has 136 valence electrons. The van der Waals surface area contributed by atoms with Crippen molar-refractivity contribution in [2.75, 3.05) is 12.4 Å². The summed E-state index contributed by atoms with van der Waals surface area (Å²) in [6.45, 7) is 5.88. The molecular formula is C18H19N3O4S. The molecule has 2 heterocycles. The number of carbonyl (C=O) groups excluding carboxylic acids is 1. The Balaban J connectivity index is 1.73. The van der Waals surface area contributed by atoms with Crippen molar-refractivity contribution in [1.82, 2.24) is 10.1 Å². The van der Waals surface area contributed by atoms with E-state index in [0.717, 1.165) is 22.7 Å². The lowest BCUT2D eigenvalue weighted by molar-refractivity contribution is 0.102. The van der Waals surface area contributed by atoms with Gasteiger partial charge in [-0.3, -0.25) is 10.1 Å². The zero-order valence-corrected chi connectivity index (χ0v) is 15.8. The average Bonchev–Trinajstić information content (AvgIpc) is 3.18. The van der Waals surface area contributed by atoms with E-state index < -0.39 is 0 Å². The van der Waals surface area contributed by atoms with Crippen molar-refractivity contribution in [1.29, 1.82) is 0 Å². The largest absolute Gasteiger partial charge is 0.493 e. The summed E-state index contributed by atoms with van der Waals surface area (Å²) in [5.74, 6) is 1.47.